The van der Waals surface area contributed by atoms with Crippen LogP contribution in [0.3, 0.4) is 0 Å². The highest BCUT2D eigenvalue weighted by atomic mass is 16.6. The summed E-state index contributed by atoms with van der Waals surface area (Å²) in [5.41, 5.74) is 11.5. The first-order valence-electron chi connectivity index (χ1n) is 5.92. The summed E-state index contributed by atoms with van der Waals surface area (Å²) in [6.07, 6.45) is 0. The van der Waals surface area contributed by atoms with Crippen LogP contribution in [-0.4, -0.2) is 14.2 Å². The third-order valence-electron chi connectivity index (χ3n) is 2.87. The van der Waals surface area contributed by atoms with Crippen LogP contribution in [0.5, 0.6) is 5.75 Å². The number of diazo groups is 1. The van der Waals surface area contributed by atoms with Crippen LogP contribution < -0.4 is 16.0 Å². The van der Waals surface area contributed by atoms with Gasteiger partial charge in [0.25, 0.3) is 0 Å². The van der Waals surface area contributed by atoms with Crippen LogP contribution >= 0.6 is 0 Å². The molecule has 2 rings (SSSR count). The van der Waals surface area contributed by atoms with Crippen LogP contribution in [0.4, 0.5) is 17.1 Å². The lowest BCUT2D eigenvalue weighted by Gasteiger charge is -2.09. The Morgan fingerprint density at radius 3 is 2.35 bits per heavy atom. The zero-order chi connectivity index (χ0) is 14.5. The minimum absolute atomic E-state index is 0.319. The van der Waals surface area contributed by atoms with Gasteiger partial charge in [-0.25, -0.2) is 0 Å². The predicted molar refractivity (Wildman–Crippen MR) is 78.2 cm³/mol. The van der Waals surface area contributed by atoms with Crippen LogP contribution in [0.1, 0.15) is 0 Å². The molecule has 6 heteroatoms. The third-order valence-corrected chi connectivity index (χ3v) is 2.87. The Hall–Kier alpha value is -2.78. The van der Waals surface area contributed by atoms with Gasteiger partial charge in [0.05, 0.1) is 19.8 Å². The summed E-state index contributed by atoms with van der Waals surface area (Å²) >= 11 is 0. The van der Waals surface area contributed by atoms with E-state index in [0.29, 0.717) is 22.8 Å². The van der Waals surface area contributed by atoms with Crippen LogP contribution in [0.25, 0.3) is 16.1 Å². The van der Waals surface area contributed by atoms with Crippen molar-refractivity contribution < 1.29 is 9.57 Å². The predicted octanol–water partition coefficient (Wildman–Crippen LogP) is 3.40. The number of rotatable bonds is 4. The molecule has 0 spiro atoms. The second-order valence-corrected chi connectivity index (χ2v) is 4.07. The fraction of sp³-hybridized carbons (Fsp3) is 0.143. The molecule has 0 fully saturated rings. The van der Waals surface area contributed by atoms with Gasteiger partial charge in [0.2, 0.25) is 11.1 Å². The van der Waals surface area contributed by atoms with E-state index in [4.69, 9.17) is 15.3 Å². The second kappa shape index (κ2) is 5.91. The molecule has 0 saturated heterocycles. The van der Waals surface area contributed by atoms with Crippen LogP contribution in [-0.2, 0) is 4.84 Å². The minimum Gasteiger partial charge on any atom is -0.488 e. The van der Waals surface area contributed by atoms with E-state index >= 15 is 0 Å². The Kier molecular flexibility index (Phi) is 4.03. The molecule has 20 heavy (non-hydrogen) atoms. The molecular formula is C14H15N4O2+. The summed E-state index contributed by atoms with van der Waals surface area (Å²) in [6.45, 7) is 0. The molecule has 102 valence electrons. The maximum atomic E-state index is 9.29. The molecule has 0 amide bonds. The van der Waals surface area contributed by atoms with E-state index in [-0.39, 0.29) is 0 Å². The Morgan fingerprint density at radius 1 is 1.10 bits per heavy atom. The van der Waals surface area contributed by atoms with Crippen molar-refractivity contribution in [3.63, 3.8) is 0 Å². The van der Waals surface area contributed by atoms with Crippen molar-refractivity contribution in [1.29, 1.82) is 5.39 Å². The van der Waals surface area contributed by atoms with E-state index in [1.165, 1.54) is 14.2 Å². The lowest BCUT2D eigenvalue weighted by Crippen LogP contribution is -1.99. The Balaban J connectivity index is 2.60. The van der Waals surface area contributed by atoms with Crippen LogP contribution in [0.2, 0.25) is 0 Å². The summed E-state index contributed by atoms with van der Waals surface area (Å²) < 4.78 is 5.28. The van der Waals surface area contributed by atoms with Crippen LogP contribution in [0, 0.1) is 5.39 Å². The van der Waals surface area contributed by atoms with E-state index in [9.17, 15) is 5.39 Å². The Morgan fingerprint density at radius 2 is 1.80 bits per heavy atom. The summed E-state index contributed by atoms with van der Waals surface area (Å²) in [7, 11) is 2.99. The maximum absolute atomic E-state index is 9.29. The molecule has 0 unspecified atom stereocenters. The highest BCUT2D eigenvalue weighted by Gasteiger charge is 2.26. The molecular weight excluding hydrogens is 256 g/mol. The largest absolute Gasteiger partial charge is 0.488 e. The first kappa shape index (κ1) is 13.6. The van der Waals surface area contributed by atoms with Crippen molar-refractivity contribution in [2.24, 2.45) is 0 Å². The van der Waals surface area contributed by atoms with Crippen molar-refractivity contribution in [3.8, 4) is 16.9 Å². The zero-order valence-corrected chi connectivity index (χ0v) is 11.3. The third kappa shape index (κ3) is 2.48. The fourth-order valence-corrected chi connectivity index (χ4v) is 1.96. The number of nitrogens with one attached hydrogen (secondary N) is 1. The van der Waals surface area contributed by atoms with Gasteiger partial charge in [0, 0.05) is 5.69 Å². The van der Waals surface area contributed by atoms with Crippen molar-refractivity contribution >= 4 is 17.1 Å². The van der Waals surface area contributed by atoms with Crippen LogP contribution in [0.15, 0.2) is 36.4 Å². The van der Waals surface area contributed by atoms with Gasteiger partial charge in [-0.2, -0.15) is 0 Å². The quantitative estimate of drug-likeness (QED) is 0.505. The highest BCUT2D eigenvalue weighted by Crippen LogP contribution is 2.43. The molecule has 0 aromatic heterocycles. The van der Waals surface area contributed by atoms with E-state index in [0.717, 1.165) is 11.1 Å². The molecule has 0 radical (unpaired) electrons. The molecule has 0 aliphatic heterocycles. The second-order valence-electron chi connectivity index (χ2n) is 4.07. The number of nitrogen functional groups attached to an aromatic ring is 1. The number of anilines is 2. The zero-order valence-electron chi connectivity index (χ0n) is 11.3. The van der Waals surface area contributed by atoms with Gasteiger partial charge in [-0.1, -0.05) is 12.1 Å². The van der Waals surface area contributed by atoms with Gasteiger partial charge in [-0.3, -0.25) is 10.3 Å². The summed E-state index contributed by atoms with van der Waals surface area (Å²) in [4.78, 5) is 8.19. The number of nitrogens with zero attached hydrogens (tertiary/aromatic N) is 2. The normalized spacial score (nSPS) is 9.85. The van der Waals surface area contributed by atoms with E-state index in [1.54, 1.807) is 18.2 Å². The molecule has 2 aromatic carbocycles. The monoisotopic (exact) mass is 271 g/mol. The summed E-state index contributed by atoms with van der Waals surface area (Å²) in [5, 5.41) is 9.29. The van der Waals surface area contributed by atoms with Crippen molar-refractivity contribution in [3.05, 3.63) is 41.4 Å². The fourth-order valence-electron chi connectivity index (χ4n) is 1.96. The topological polar surface area (TPSA) is 84.7 Å². The van der Waals surface area contributed by atoms with Crippen molar-refractivity contribution in [1.82, 2.24) is 0 Å². The first-order valence-corrected chi connectivity index (χ1v) is 5.92. The molecule has 0 aliphatic carbocycles. The van der Waals surface area contributed by atoms with Gasteiger partial charge >= 0.3 is 5.69 Å². The Bertz CT molecular complexity index is 647. The number of ether oxygens (including phenoxy) is 1. The van der Waals surface area contributed by atoms with E-state index in [2.05, 4.69) is 10.5 Å². The van der Waals surface area contributed by atoms with Gasteiger partial charge < -0.3 is 10.5 Å². The van der Waals surface area contributed by atoms with E-state index in [1.807, 2.05) is 18.2 Å². The number of methoxy groups -OCH3 is 1. The number of nitrogens with two attached hydrogens (primary N) is 1. The maximum Gasteiger partial charge on any atom is 0.436 e. The number of hydrogen-bond acceptors (Lipinski definition) is 5. The molecule has 0 bridgehead atoms. The molecule has 0 aliphatic rings. The van der Waals surface area contributed by atoms with Gasteiger partial charge in [-0.05, 0) is 29.8 Å². The lowest BCUT2D eigenvalue weighted by atomic mass is 10.0. The first-order chi connectivity index (χ1) is 9.71. The molecule has 3 N–H and O–H groups in total. The number of hydrogen-bond donors (Lipinski definition) is 2. The average Bonchev–Trinajstić information content (AvgIpc) is 2.48. The smallest absolute Gasteiger partial charge is 0.436 e. The highest BCUT2D eigenvalue weighted by molar-refractivity contribution is 5.87. The molecule has 0 heterocycles. The SMILES string of the molecule is CONc1ccc(-c2ccc(N)cc2)c([N+]#N)c1OC. The van der Waals surface area contributed by atoms with Crippen molar-refractivity contribution in [2.75, 3.05) is 25.4 Å². The van der Waals surface area contributed by atoms with Crippen molar-refractivity contribution in [2.45, 2.75) is 0 Å². The average molecular weight is 271 g/mol. The van der Waals surface area contributed by atoms with Gasteiger partial charge in [-0.15, -0.1) is 0 Å². The number of benzene rings is 2. The molecule has 0 atom stereocenters. The standard InChI is InChI=1S/C14H14N4O2/c1-19-14-12(18-20-2)8-7-11(13(14)17-16)9-3-5-10(15)6-4-9/h3-8,15-16H,1-2H3/p+1. The summed E-state index contributed by atoms with van der Waals surface area (Å²) in [6, 6.07) is 10.9. The molecule has 0 saturated carbocycles. The summed E-state index contributed by atoms with van der Waals surface area (Å²) in [5.74, 6) is 0.392. The molecule has 6 nitrogen and oxygen atoms in total. The Labute approximate surface area is 116 Å². The van der Waals surface area contributed by atoms with Gasteiger partial charge in [0.15, 0.2) is 4.98 Å². The van der Waals surface area contributed by atoms with E-state index < -0.39 is 0 Å². The van der Waals surface area contributed by atoms with Gasteiger partial charge in [0.1, 0.15) is 5.69 Å². The minimum atomic E-state index is 0.319. The molecule has 2 aromatic rings. The lowest BCUT2D eigenvalue weighted by molar-refractivity contribution is 0.268.